The fraction of sp³-hybridized carbons (Fsp3) is 0.692. The second-order valence-corrected chi connectivity index (χ2v) is 6.74. The minimum Gasteiger partial charge on any atom is -0.385 e. The molecule has 1 unspecified atom stereocenters. The van der Waals surface area contributed by atoms with Crippen molar-refractivity contribution in [3.8, 4) is 0 Å². The molecule has 1 aromatic heterocycles. The third-order valence-electron chi connectivity index (χ3n) is 3.58. The Hall–Kier alpha value is -0.340. The first kappa shape index (κ1) is 11.2. The van der Waals surface area contributed by atoms with Crippen molar-refractivity contribution < 1.29 is 5.11 Å². The van der Waals surface area contributed by atoms with Gasteiger partial charge in [-0.2, -0.15) is 0 Å². The second kappa shape index (κ2) is 3.60. The highest BCUT2D eigenvalue weighted by molar-refractivity contribution is 7.10. The van der Waals surface area contributed by atoms with E-state index in [1.807, 2.05) is 0 Å². The van der Waals surface area contributed by atoms with E-state index in [4.69, 9.17) is 0 Å². The minimum atomic E-state index is -0.564. The summed E-state index contributed by atoms with van der Waals surface area (Å²) >= 11 is 1.74. The maximum Gasteiger partial charge on any atom is 0.0912 e. The SMILES string of the molecule is Cc1sccc1C1(O)CCCC(C)(C)C1. The third kappa shape index (κ3) is 2.11. The van der Waals surface area contributed by atoms with Crippen LogP contribution in [0.15, 0.2) is 11.4 Å². The van der Waals surface area contributed by atoms with Crippen LogP contribution in [0, 0.1) is 12.3 Å². The van der Waals surface area contributed by atoms with Gasteiger partial charge in [0.2, 0.25) is 0 Å². The van der Waals surface area contributed by atoms with Crippen LogP contribution in [-0.2, 0) is 5.60 Å². The predicted octanol–water partition coefficient (Wildman–Crippen LogP) is 3.84. The molecule has 15 heavy (non-hydrogen) atoms. The van der Waals surface area contributed by atoms with Gasteiger partial charge in [-0.3, -0.25) is 0 Å². The summed E-state index contributed by atoms with van der Waals surface area (Å²) in [5.74, 6) is 0. The van der Waals surface area contributed by atoms with Gasteiger partial charge in [-0.15, -0.1) is 11.3 Å². The van der Waals surface area contributed by atoms with Crippen LogP contribution >= 0.6 is 11.3 Å². The van der Waals surface area contributed by atoms with Gasteiger partial charge in [-0.1, -0.05) is 13.8 Å². The lowest BCUT2D eigenvalue weighted by Crippen LogP contribution is -2.36. The van der Waals surface area contributed by atoms with Crippen molar-refractivity contribution in [1.29, 1.82) is 0 Å². The molecule has 0 radical (unpaired) electrons. The fourth-order valence-electron chi connectivity index (χ4n) is 2.93. The van der Waals surface area contributed by atoms with E-state index in [2.05, 4.69) is 32.2 Å². The van der Waals surface area contributed by atoms with Crippen LogP contribution in [0.2, 0.25) is 0 Å². The second-order valence-electron chi connectivity index (χ2n) is 5.62. The number of rotatable bonds is 1. The Labute approximate surface area is 96.1 Å². The van der Waals surface area contributed by atoms with Gasteiger partial charge in [0.25, 0.3) is 0 Å². The van der Waals surface area contributed by atoms with E-state index in [0.29, 0.717) is 0 Å². The molecule has 1 N–H and O–H groups in total. The Balaban J connectivity index is 2.31. The van der Waals surface area contributed by atoms with E-state index in [0.717, 1.165) is 19.3 Å². The molecule has 1 atom stereocenters. The topological polar surface area (TPSA) is 20.2 Å². The van der Waals surface area contributed by atoms with Crippen LogP contribution in [0.1, 0.15) is 50.0 Å². The summed E-state index contributed by atoms with van der Waals surface area (Å²) in [6, 6.07) is 2.10. The number of thiophene rings is 1. The van der Waals surface area contributed by atoms with Crippen LogP contribution in [0.4, 0.5) is 0 Å². The van der Waals surface area contributed by atoms with Crippen LogP contribution in [0.25, 0.3) is 0 Å². The van der Waals surface area contributed by atoms with Gasteiger partial charge in [0.1, 0.15) is 0 Å². The summed E-state index contributed by atoms with van der Waals surface area (Å²) in [5.41, 5.74) is 0.882. The van der Waals surface area contributed by atoms with E-state index in [-0.39, 0.29) is 5.41 Å². The van der Waals surface area contributed by atoms with Gasteiger partial charge < -0.3 is 5.11 Å². The molecule has 1 aromatic rings. The Morgan fingerprint density at radius 1 is 1.33 bits per heavy atom. The monoisotopic (exact) mass is 224 g/mol. The average molecular weight is 224 g/mol. The van der Waals surface area contributed by atoms with E-state index in [9.17, 15) is 5.11 Å². The summed E-state index contributed by atoms with van der Waals surface area (Å²) < 4.78 is 0. The van der Waals surface area contributed by atoms with Crippen LogP contribution in [0.5, 0.6) is 0 Å². The molecule has 1 fully saturated rings. The molecule has 1 saturated carbocycles. The summed E-state index contributed by atoms with van der Waals surface area (Å²) in [6.07, 6.45) is 4.20. The van der Waals surface area contributed by atoms with Crippen molar-refractivity contribution >= 4 is 11.3 Å². The normalized spacial score (nSPS) is 30.4. The van der Waals surface area contributed by atoms with Crippen molar-refractivity contribution in [1.82, 2.24) is 0 Å². The molecular formula is C13H20OS. The Morgan fingerprint density at radius 2 is 2.07 bits per heavy atom. The van der Waals surface area contributed by atoms with E-state index in [1.54, 1.807) is 11.3 Å². The molecule has 0 aromatic carbocycles. The first-order chi connectivity index (χ1) is 6.93. The highest BCUT2D eigenvalue weighted by Gasteiger charge is 2.40. The molecule has 0 aliphatic heterocycles. The molecule has 1 aliphatic rings. The first-order valence-electron chi connectivity index (χ1n) is 5.70. The van der Waals surface area contributed by atoms with Crippen LogP contribution < -0.4 is 0 Å². The number of aliphatic hydroxyl groups is 1. The smallest absolute Gasteiger partial charge is 0.0912 e. The van der Waals surface area contributed by atoms with Gasteiger partial charge in [0, 0.05) is 4.88 Å². The summed E-state index contributed by atoms with van der Waals surface area (Å²) in [6.45, 7) is 6.64. The largest absolute Gasteiger partial charge is 0.385 e. The van der Waals surface area contributed by atoms with E-state index >= 15 is 0 Å². The predicted molar refractivity (Wildman–Crippen MR) is 65.2 cm³/mol. The number of hydrogen-bond donors (Lipinski definition) is 1. The van der Waals surface area contributed by atoms with Gasteiger partial charge in [0.15, 0.2) is 0 Å². The van der Waals surface area contributed by atoms with Crippen molar-refractivity contribution in [3.63, 3.8) is 0 Å². The van der Waals surface area contributed by atoms with Gasteiger partial charge >= 0.3 is 0 Å². The lowest BCUT2D eigenvalue weighted by molar-refractivity contribution is -0.0441. The van der Waals surface area contributed by atoms with Crippen molar-refractivity contribution in [2.45, 2.75) is 52.1 Å². The van der Waals surface area contributed by atoms with Crippen LogP contribution in [0.3, 0.4) is 0 Å². The molecule has 1 nitrogen and oxygen atoms in total. The quantitative estimate of drug-likeness (QED) is 0.768. The summed E-state index contributed by atoms with van der Waals surface area (Å²) in [7, 11) is 0. The first-order valence-corrected chi connectivity index (χ1v) is 6.58. The Morgan fingerprint density at radius 3 is 2.60 bits per heavy atom. The van der Waals surface area contributed by atoms with Gasteiger partial charge in [-0.25, -0.2) is 0 Å². The zero-order valence-electron chi connectivity index (χ0n) is 9.84. The molecule has 1 aliphatic carbocycles. The summed E-state index contributed by atoms with van der Waals surface area (Å²) in [4.78, 5) is 1.27. The van der Waals surface area contributed by atoms with Crippen molar-refractivity contribution in [2.24, 2.45) is 5.41 Å². The third-order valence-corrected chi connectivity index (χ3v) is 4.42. The van der Waals surface area contributed by atoms with Crippen molar-refractivity contribution in [2.75, 3.05) is 0 Å². The number of aryl methyl sites for hydroxylation is 1. The lowest BCUT2D eigenvalue weighted by atomic mass is 9.67. The van der Waals surface area contributed by atoms with Gasteiger partial charge in [0.05, 0.1) is 5.60 Å². The molecule has 2 heteroatoms. The molecule has 0 amide bonds. The molecule has 1 heterocycles. The Kier molecular flexibility index (Phi) is 2.68. The lowest BCUT2D eigenvalue weighted by Gasteiger charge is -2.41. The zero-order valence-corrected chi connectivity index (χ0v) is 10.7. The molecule has 0 bridgehead atoms. The van der Waals surface area contributed by atoms with E-state index < -0.39 is 5.60 Å². The maximum atomic E-state index is 10.8. The molecule has 84 valence electrons. The Bertz CT molecular complexity index is 353. The minimum absolute atomic E-state index is 0.279. The highest BCUT2D eigenvalue weighted by Crippen LogP contribution is 2.47. The van der Waals surface area contributed by atoms with Crippen LogP contribution in [-0.4, -0.2) is 5.11 Å². The van der Waals surface area contributed by atoms with Gasteiger partial charge in [-0.05, 0) is 55.0 Å². The molecular weight excluding hydrogens is 204 g/mol. The maximum absolute atomic E-state index is 10.8. The molecule has 0 saturated heterocycles. The fourth-order valence-corrected chi connectivity index (χ4v) is 3.72. The summed E-state index contributed by atoms with van der Waals surface area (Å²) in [5, 5.41) is 12.8. The zero-order chi connectivity index (χ0) is 11.1. The van der Waals surface area contributed by atoms with Crippen molar-refractivity contribution in [3.05, 3.63) is 21.9 Å². The number of hydrogen-bond acceptors (Lipinski definition) is 2. The molecule has 2 rings (SSSR count). The molecule has 0 spiro atoms. The average Bonchev–Trinajstić information content (AvgIpc) is 2.49. The van der Waals surface area contributed by atoms with E-state index in [1.165, 1.54) is 16.9 Å². The highest BCUT2D eigenvalue weighted by atomic mass is 32.1. The standard InChI is InChI=1S/C13H20OS/c1-10-11(5-8-15-10)13(14)7-4-6-12(2,3)9-13/h5,8,14H,4,6-7,9H2,1-3H3.